The molecule has 1 unspecified atom stereocenters. The van der Waals surface area contributed by atoms with Gasteiger partial charge in [0, 0.05) is 4.47 Å². The van der Waals surface area contributed by atoms with Crippen LogP contribution in [0, 0.1) is 0 Å². The quantitative estimate of drug-likeness (QED) is 0.521. The molecule has 0 aliphatic carbocycles. The molecule has 4 rings (SSSR count). The number of hydrogen-bond acceptors (Lipinski definition) is 3. The molecule has 0 spiro atoms. The maximum Gasteiger partial charge on any atom is 0.294 e. The predicted molar refractivity (Wildman–Crippen MR) is 125 cm³/mol. The van der Waals surface area contributed by atoms with E-state index in [0.717, 1.165) is 15.6 Å². The van der Waals surface area contributed by atoms with Crippen molar-refractivity contribution in [1.82, 2.24) is 5.32 Å². The third kappa shape index (κ3) is 4.70. The van der Waals surface area contributed by atoms with E-state index in [1.807, 2.05) is 73.7 Å². The highest BCUT2D eigenvalue weighted by Crippen LogP contribution is 2.36. The number of benzene rings is 3. The van der Waals surface area contributed by atoms with Crippen LogP contribution in [0.2, 0.25) is 0 Å². The van der Waals surface area contributed by atoms with Gasteiger partial charge in [0.25, 0.3) is 5.91 Å². The van der Waals surface area contributed by atoms with Crippen LogP contribution < -0.4 is 15.0 Å². The van der Waals surface area contributed by atoms with Gasteiger partial charge in [0.15, 0.2) is 11.5 Å². The lowest BCUT2D eigenvalue weighted by molar-refractivity contribution is -0.123. The summed E-state index contributed by atoms with van der Waals surface area (Å²) < 4.78 is 6.73. The Labute approximate surface area is 189 Å². The highest BCUT2D eigenvalue weighted by atomic mass is 79.9. The molecule has 1 N–H and O–H groups in total. The van der Waals surface area contributed by atoms with E-state index in [-0.39, 0.29) is 30.2 Å². The normalized spacial score (nSPS) is 15.2. The van der Waals surface area contributed by atoms with Crippen LogP contribution in [0.5, 0.6) is 5.75 Å². The fourth-order valence-electron chi connectivity index (χ4n) is 3.41. The van der Waals surface area contributed by atoms with E-state index >= 15 is 0 Å². The molecular formula is C25H21BrN2O3. The first-order valence-corrected chi connectivity index (χ1v) is 10.7. The third-order valence-electron chi connectivity index (χ3n) is 5.00. The minimum absolute atomic E-state index is 0.107. The molecule has 0 aromatic heterocycles. The lowest BCUT2D eigenvalue weighted by Crippen LogP contribution is -2.44. The highest BCUT2D eigenvalue weighted by Gasteiger charge is 2.32. The molecule has 2 amide bonds. The number of amides is 2. The second-order valence-electron chi connectivity index (χ2n) is 7.19. The van der Waals surface area contributed by atoms with Crippen LogP contribution in [-0.4, -0.2) is 18.4 Å². The van der Waals surface area contributed by atoms with Crippen molar-refractivity contribution in [2.24, 2.45) is 0 Å². The fourth-order valence-corrected chi connectivity index (χ4v) is 3.81. The van der Waals surface area contributed by atoms with Crippen LogP contribution in [0.15, 0.2) is 89.1 Å². The zero-order valence-corrected chi connectivity index (χ0v) is 18.5. The fraction of sp³-hybridized carbons (Fsp3) is 0.120. The minimum atomic E-state index is -0.364. The topological polar surface area (TPSA) is 58.6 Å². The van der Waals surface area contributed by atoms with Gasteiger partial charge in [-0.1, -0.05) is 76.6 Å². The summed E-state index contributed by atoms with van der Waals surface area (Å²) >= 11 is 3.49. The largest absolute Gasteiger partial charge is 0.449 e. The molecule has 0 bridgehead atoms. The Hall–Kier alpha value is -3.38. The molecule has 0 radical (unpaired) electrons. The molecule has 1 heterocycles. The van der Waals surface area contributed by atoms with Crippen molar-refractivity contribution in [3.05, 3.63) is 100 Å². The van der Waals surface area contributed by atoms with Crippen LogP contribution in [0.4, 0.5) is 5.69 Å². The molecule has 6 heteroatoms. The Morgan fingerprint density at radius 2 is 1.71 bits per heavy atom. The van der Waals surface area contributed by atoms with Crippen LogP contribution in [0.3, 0.4) is 0 Å². The van der Waals surface area contributed by atoms with Crippen molar-refractivity contribution in [3.63, 3.8) is 0 Å². The number of carbonyl (C=O) groups excluding carboxylic acids is 2. The first kappa shape index (κ1) is 20.9. The number of para-hydroxylation sites is 2. The van der Waals surface area contributed by atoms with E-state index in [1.54, 1.807) is 18.2 Å². The standard InChI is InChI=1S/C25H21BrN2O3/c1-17(18-9-3-2-4-10-18)27-24(29)16-28-21-13-7-8-14-22(21)31-23(25(28)30)15-19-11-5-6-12-20(19)26/h2-15,17H,16H2,1H3,(H,27,29). The van der Waals surface area contributed by atoms with Gasteiger partial charge in [0.2, 0.25) is 5.91 Å². The Morgan fingerprint density at radius 1 is 1.03 bits per heavy atom. The molecule has 5 nitrogen and oxygen atoms in total. The van der Waals surface area contributed by atoms with Gasteiger partial charge in [0.1, 0.15) is 6.54 Å². The monoisotopic (exact) mass is 476 g/mol. The van der Waals surface area contributed by atoms with Crippen LogP contribution in [-0.2, 0) is 9.59 Å². The van der Waals surface area contributed by atoms with E-state index < -0.39 is 0 Å². The van der Waals surface area contributed by atoms with Gasteiger partial charge in [-0.3, -0.25) is 14.5 Å². The second kappa shape index (κ2) is 9.18. The van der Waals surface area contributed by atoms with Crippen molar-refractivity contribution in [2.45, 2.75) is 13.0 Å². The van der Waals surface area contributed by atoms with Gasteiger partial charge in [0.05, 0.1) is 11.7 Å². The number of carbonyl (C=O) groups is 2. The molecule has 3 aromatic rings. The van der Waals surface area contributed by atoms with Gasteiger partial charge >= 0.3 is 0 Å². The number of fused-ring (bicyclic) bond motifs is 1. The maximum atomic E-state index is 13.2. The zero-order chi connectivity index (χ0) is 21.8. The summed E-state index contributed by atoms with van der Waals surface area (Å²) in [6, 6.07) is 24.3. The van der Waals surface area contributed by atoms with E-state index in [4.69, 9.17) is 4.74 Å². The molecule has 0 fully saturated rings. The number of nitrogens with one attached hydrogen (secondary N) is 1. The average molecular weight is 477 g/mol. The Balaban J connectivity index is 1.59. The minimum Gasteiger partial charge on any atom is -0.449 e. The molecule has 0 saturated carbocycles. The summed E-state index contributed by atoms with van der Waals surface area (Å²) in [6.07, 6.45) is 1.68. The van der Waals surface area contributed by atoms with Gasteiger partial charge in [-0.2, -0.15) is 0 Å². The summed E-state index contributed by atoms with van der Waals surface area (Å²) in [5.74, 6) is 0.0810. The number of ether oxygens (including phenoxy) is 1. The molecule has 1 aliphatic rings. The lowest BCUT2D eigenvalue weighted by atomic mass is 10.1. The molecule has 3 aromatic carbocycles. The Bertz CT molecular complexity index is 1140. The highest BCUT2D eigenvalue weighted by molar-refractivity contribution is 9.10. The first-order valence-electron chi connectivity index (χ1n) is 9.92. The summed E-state index contributed by atoms with van der Waals surface area (Å²) in [7, 11) is 0. The van der Waals surface area contributed by atoms with Crippen molar-refractivity contribution < 1.29 is 14.3 Å². The summed E-state index contributed by atoms with van der Waals surface area (Å²) in [5, 5.41) is 2.97. The predicted octanol–water partition coefficient (Wildman–Crippen LogP) is 5.09. The third-order valence-corrected chi connectivity index (χ3v) is 5.72. The zero-order valence-electron chi connectivity index (χ0n) is 16.9. The maximum absolute atomic E-state index is 13.2. The van der Waals surface area contributed by atoms with Crippen LogP contribution >= 0.6 is 15.9 Å². The molecular weight excluding hydrogens is 456 g/mol. The molecule has 156 valence electrons. The number of halogens is 1. The van der Waals surface area contributed by atoms with Gasteiger partial charge in [-0.05, 0) is 42.3 Å². The average Bonchev–Trinajstić information content (AvgIpc) is 2.78. The van der Waals surface area contributed by atoms with Crippen molar-refractivity contribution in [3.8, 4) is 5.75 Å². The van der Waals surface area contributed by atoms with Gasteiger partial charge < -0.3 is 10.1 Å². The van der Waals surface area contributed by atoms with Gasteiger partial charge in [-0.15, -0.1) is 0 Å². The van der Waals surface area contributed by atoms with Gasteiger partial charge in [-0.25, -0.2) is 0 Å². The van der Waals surface area contributed by atoms with Crippen molar-refractivity contribution in [1.29, 1.82) is 0 Å². The van der Waals surface area contributed by atoms with E-state index in [9.17, 15) is 9.59 Å². The summed E-state index contributed by atoms with van der Waals surface area (Å²) in [5.41, 5.74) is 2.38. The van der Waals surface area contributed by atoms with E-state index in [2.05, 4.69) is 21.2 Å². The number of nitrogens with zero attached hydrogens (tertiary/aromatic N) is 1. The number of rotatable bonds is 5. The summed E-state index contributed by atoms with van der Waals surface area (Å²) in [6.45, 7) is 1.81. The SMILES string of the molecule is CC(NC(=O)CN1C(=O)C(=Cc2ccccc2Br)Oc2ccccc21)c1ccccc1. The molecule has 31 heavy (non-hydrogen) atoms. The lowest BCUT2D eigenvalue weighted by Gasteiger charge is -2.30. The second-order valence-corrected chi connectivity index (χ2v) is 8.05. The molecule has 0 saturated heterocycles. The summed E-state index contributed by atoms with van der Waals surface area (Å²) in [4.78, 5) is 27.5. The van der Waals surface area contributed by atoms with Crippen molar-refractivity contribution >= 4 is 39.5 Å². The molecule has 1 aliphatic heterocycles. The Kier molecular flexibility index (Phi) is 6.18. The number of anilines is 1. The first-order chi connectivity index (χ1) is 15.0. The van der Waals surface area contributed by atoms with E-state index in [1.165, 1.54) is 4.90 Å². The van der Waals surface area contributed by atoms with E-state index in [0.29, 0.717) is 11.4 Å². The van der Waals surface area contributed by atoms with Crippen LogP contribution in [0.25, 0.3) is 6.08 Å². The number of hydrogen-bond donors (Lipinski definition) is 1. The van der Waals surface area contributed by atoms with Crippen LogP contribution in [0.1, 0.15) is 24.1 Å². The Morgan fingerprint density at radius 3 is 2.48 bits per heavy atom. The van der Waals surface area contributed by atoms with Crippen molar-refractivity contribution in [2.75, 3.05) is 11.4 Å². The molecule has 1 atom stereocenters. The smallest absolute Gasteiger partial charge is 0.294 e.